The zero-order chi connectivity index (χ0) is 21.7. The first kappa shape index (κ1) is 21.8. The number of hydrogen-bond donors (Lipinski definition) is 1. The molecule has 0 aliphatic rings. The molecule has 1 N–H and O–H groups in total. The van der Waals surface area contributed by atoms with Crippen LogP contribution in [0.3, 0.4) is 0 Å². The summed E-state index contributed by atoms with van der Waals surface area (Å²) in [5.74, 6) is 0.958. The Balaban J connectivity index is 1.93. The lowest BCUT2D eigenvalue weighted by Gasteiger charge is -2.20. The van der Waals surface area contributed by atoms with Crippen LogP contribution in [0.5, 0.6) is 11.5 Å². The lowest BCUT2D eigenvalue weighted by Crippen LogP contribution is -2.30. The fourth-order valence-corrected chi connectivity index (χ4v) is 4.41. The van der Waals surface area contributed by atoms with E-state index in [-0.39, 0.29) is 10.5 Å². The van der Waals surface area contributed by atoms with E-state index in [9.17, 15) is 12.8 Å². The largest absolute Gasteiger partial charge is 0.497 e. The van der Waals surface area contributed by atoms with Gasteiger partial charge in [0.1, 0.15) is 17.3 Å². The molecule has 0 radical (unpaired) electrons. The number of nitrogens with one attached hydrogen (secondary N) is 1. The number of aryl methyl sites for hydroxylation is 1. The molecule has 0 saturated heterocycles. The predicted octanol–water partition coefficient (Wildman–Crippen LogP) is 4.41. The summed E-state index contributed by atoms with van der Waals surface area (Å²) in [6.45, 7) is 1.53. The summed E-state index contributed by atoms with van der Waals surface area (Å²) >= 11 is 0. The Morgan fingerprint density at radius 1 is 0.900 bits per heavy atom. The van der Waals surface area contributed by atoms with Gasteiger partial charge in [-0.1, -0.05) is 24.3 Å². The van der Waals surface area contributed by atoms with Crippen LogP contribution in [0.25, 0.3) is 0 Å². The molecule has 0 aliphatic carbocycles. The highest BCUT2D eigenvalue weighted by Gasteiger charge is 2.23. The van der Waals surface area contributed by atoms with Crippen molar-refractivity contribution in [3.05, 3.63) is 89.2 Å². The van der Waals surface area contributed by atoms with Crippen LogP contribution < -0.4 is 14.2 Å². The summed E-state index contributed by atoms with van der Waals surface area (Å²) in [7, 11) is -0.704. The van der Waals surface area contributed by atoms with Crippen molar-refractivity contribution in [2.45, 2.75) is 24.3 Å². The zero-order valence-electron chi connectivity index (χ0n) is 17.1. The number of ether oxygens (including phenoxy) is 2. The molecule has 0 bridgehead atoms. The lowest BCUT2D eigenvalue weighted by atomic mass is 9.99. The van der Waals surface area contributed by atoms with Crippen molar-refractivity contribution in [2.75, 3.05) is 14.2 Å². The molecule has 0 fully saturated rings. The third-order valence-electron chi connectivity index (χ3n) is 4.85. The SMILES string of the molecule is COc1ccc(CC(NS(=O)(=O)c2ccc(F)c(C)c2)c2ccc(OC)cc2)cc1. The molecule has 1 atom stereocenters. The van der Waals surface area contributed by atoms with Crippen LogP contribution in [0, 0.1) is 12.7 Å². The third kappa shape index (κ3) is 5.17. The summed E-state index contributed by atoms with van der Waals surface area (Å²) in [5, 5.41) is 0. The Morgan fingerprint density at radius 3 is 2.00 bits per heavy atom. The fourth-order valence-electron chi connectivity index (χ4n) is 3.10. The van der Waals surface area contributed by atoms with Gasteiger partial charge in [-0.2, -0.15) is 0 Å². The zero-order valence-corrected chi connectivity index (χ0v) is 17.9. The molecule has 30 heavy (non-hydrogen) atoms. The second kappa shape index (κ2) is 9.28. The lowest BCUT2D eigenvalue weighted by molar-refractivity contribution is 0.414. The molecular formula is C23H24FNO4S. The van der Waals surface area contributed by atoms with Crippen LogP contribution in [0.1, 0.15) is 22.7 Å². The van der Waals surface area contributed by atoms with Crippen LogP contribution in [0.15, 0.2) is 71.6 Å². The first-order valence-electron chi connectivity index (χ1n) is 9.38. The molecule has 3 aromatic carbocycles. The van der Waals surface area contributed by atoms with Gasteiger partial charge in [-0.15, -0.1) is 0 Å². The van der Waals surface area contributed by atoms with Crippen molar-refractivity contribution in [2.24, 2.45) is 0 Å². The highest BCUT2D eigenvalue weighted by Crippen LogP contribution is 2.25. The van der Waals surface area contributed by atoms with Gasteiger partial charge in [0.05, 0.1) is 25.2 Å². The molecule has 0 aliphatic heterocycles. The second-order valence-corrected chi connectivity index (χ2v) is 8.62. The van der Waals surface area contributed by atoms with E-state index in [2.05, 4.69) is 4.72 Å². The number of rotatable bonds is 8. The molecule has 158 valence electrons. The minimum Gasteiger partial charge on any atom is -0.497 e. The molecule has 0 amide bonds. The van der Waals surface area contributed by atoms with Crippen LogP contribution in [0.4, 0.5) is 4.39 Å². The van der Waals surface area contributed by atoms with Crippen molar-refractivity contribution in [3.63, 3.8) is 0 Å². The van der Waals surface area contributed by atoms with E-state index in [0.717, 1.165) is 22.9 Å². The maximum atomic E-state index is 13.6. The first-order chi connectivity index (χ1) is 14.3. The van der Waals surface area contributed by atoms with E-state index in [1.165, 1.54) is 19.1 Å². The smallest absolute Gasteiger partial charge is 0.241 e. The fraction of sp³-hybridized carbons (Fsp3) is 0.217. The predicted molar refractivity (Wildman–Crippen MR) is 114 cm³/mol. The molecule has 3 rings (SSSR count). The van der Waals surface area contributed by atoms with Gasteiger partial charge in [0.2, 0.25) is 10.0 Å². The Morgan fingerprint density at radius 2 is 1.47 bits per heavy atom. The minimum atomic E-state index is -3.87. The number of methoxy groups -OCH3 is 2. The standard InChI is InChI=1S/C23H24FNO4S/c1-16-14-21(12-13-22(16)24)30(26,27)25-23(18-6-10-20(29-3)11-7-18)15-17-4-8-19(28-2)9-5-17/h4-14,23,25H,15H2,1-3H3. The first-order valence-corrected chi connectivity index (χ1v) is 10.9. The number of benzene rings is 3. The van der Waals surface area contributed by atoms with Crippen LogP contribution in [-0.2, 0) is 16.4 Å². The molecule has 0 aromatic heterocycles. The van der Waals surface area contributed by atoms with Gasteiger partial charge in [0.25, 0.3) is 0 Å². The Kier molecular flexibility index (Phi) is 6.74. The average molecular weight is 430 g/mol. The van der Waals surface area contributed by atoms with E-state index in [4.69, 9.17) is 9.47 Å². The van der Waals surface area contributed by atoms with Crippen LogP contribution in [-0.4, -0.2) is 22.6 Å². The maximum absolute atomic E-state index is 13.6. The number of halogens is 1. The third-order valence-corrected chi connectivity index (χ3v) is 6.32. The van der Waals surface area contributed by atoms with Crippen LogP contribution >= 0.6 is 0 Å². The quantitative estimate of drug-likeness (QED) is 0.576. The van der Waals surface area contributed by atoms with Crippen molar-refractivity contribution in [1.82, 2.24) is 4.72 Å². The molecule has 0 spiro atoms. The molecule has 0 heterocycles. The van der Waals surface area contributed by atoms with Gasteiger partial charge in [0.15, 0.2) is 0 Å². The Bertz CT molecular complexity index is 1100. The van der Waals surface area contributed by atoms with Crippen molar-refractivity contribution in [1.29, 1.82) is 0 Å². The molecular weight excluding hydrogens is 405 g/mol. The summed E-state index contributed by atoms with van der Waals surface area (Å²) in [5.41, 5.74) is 2.00. The summed E-state index contributed by atoms with van der Waals surface area (Å²) in [6.07, 6.45) is 0.426. The number of hydrogen-bond acceptors (Lipinski definition) is 4. The normalized spacial score (nSPS) is 12.4. The van der Waals surface area contributed by atoms with Crippen LogP contribution in [0.2, 0.25) is 0 Å². The summed E-state index contributed by atoms with van der Waals surface area (Å²) < 4.78 is 52.8. The van der Waals surface area contributed by atoms with E-state index < -0.39 is 21.9 Å². The van der Waals surface area contributed by atoms with Gasteiger partial charge >= 0.3 is 0 Å². The molecule has 0 saturated carbocycles. The molecule has 3 aromatic rings. The van der Waals surface area contributed by atoms with Gasteiger partial charge in [0, 0.05) is 0 Å². The van der Waals surface area contributed by atoms with Gasteiger partial charge in [-0.05, 0) is 72.5 Å². The van der Waals surface area contributed by atoms with E-state index >= 15 is 0 Å². The van der Waals surface area contributed by atoms with Crippen molar-refractivity contribution < 1.29 is 22.3 Å². The van der Waals surface area contributed by atoms with E-state index in [1.54, 1.807) is 26.4 Å². The highest BCUT2D eigenvalue weighted by atomic mass is 32.2. The Labute approximate surface area is 176 Å². The molecule has 5 nitrogen and oxygen atoms in total. The number of sulfonamides is 1. The average Bonchev–Trinajstić information content (AvgIpc) is 2.75. The Hall–Kier alpha value is -2.90. The monoisotopic (exact) mass is 429 g/mol. The minimum absolute atomic E-state index is 0.0228. The topological polar surface area (TPSA) is 64.6 Å². The van der Waals surface area contributed by atoms with Crippen molar-refractivity contribution >= 4 is 10.0 Å². The second-order valence-electron chi connectivity index (χ2n) is 6.91. The highest BCUT2D eigenvalue weighted by molar-refractivity contribution is 7.89. The van der Waals surface area contributed by atoms with Crippen molar-refractivity contribution in [3.8, 4) is 11.5 Å². The van der Waals surface area contributed by atoms with Gasteiger partial charge in [-0.3, -0.25) is 0 Å². The summed E-state index contributed by atoms with van der Waals surface area (Å²) in [6, 6.07) is 17.9. The van der Waals surface area contributed by atoms with E-state index in [0.29, 0.717) is 12.2 Å². The van der Waals surface area contributed by atoms with E-state index in [1.807, 2.05) is 36.4 Å². The molecule has 7 heteroatoms. The van der Waals surface area contributed by atoms with Gasteiger partial charge < -0.3 is 9.47 Å². The maximum Gasteiger partial charge on any atom is 0.241 e. The molecule has 1 unspecified atom stereocenters. The van der Waals surface area contributed by atoms with Gasteiger partial charge in [-0.25, -0.2) is 17.5 Å². The summed E-state index contributed by atoms with van der Waals surface area (Å²) in [4.78, 5) is 0.0228.